The van der Waals surface area contributed by atoms with E-state index in [2.05, 4.69) is 84.0 Å². The van der Waals surface area contributed by atoms with Crippen molar-refractivity contribution in [3.63, 3.8) is 0 Å². The van der Waals surface area contributed by atoms with E-state index in [-0.39, 0.29) is 5.41 Å². The minimum absolute atomic E-state index is 0.119. The van der Waals surface area contributed by atoms with Crippen LogP contribution in [0, 0.1) is 0 Å². The molecule has 0 unspecified atom stereocenters. The molecule has 1 aliphatic rings. The standard InChI is InChI=1S/C30H34N6/c1-30(2,3)28-18-27(33-29(34-28)26-7-5-6-12-32-26)25-17-24(19-31-20-25)23-10-8-22(9-11-23)21-36-15-13-35(4)14-16-36/h5-12,17-20H,13-16,21H2,1-4H3. The third-order valence-electron chi connectivity index (χ3n) is 6.71. The predicted molar refractivity (Wildman–Crippen MR) is 145 cm³/mol. The van der Waals surface area contributed by atoms with Gasteiger partial charge in [0.25, 0.3) is 0 Å². The van der Waals surface area contributed by atoms with Gasteiger partial charge in [-0.3, -0.25) is 14.9 Å². The van der Waals surface area contributed by atoms with E-state index in [1.807, 2.05) is 30.6 Å². The molecule has 184 valence electrons. The number of pyridine rings is 2. The summed E-state index contributed by atoms with van der Waals surface area (Å²) < 4.78 is 0. The molecule has 0 N–H and O–H groups in total. The summed E-state index contributed by atoms with van der Waals surface area (Å²) in [6, 6.07) is 18.9. The highest BCUT2D eigenvalue weighted by molar-refractivity contribution is 5.71. The van der Waals surface area contributed by atoms with Gasteiger partial charge < -0.3 is 4.90 Å². The molecule has 6 nitrogen and oxygen atoms in total. The van der Waals surface area contributed by atoms with Gasteiger partial charge in [0, 0.05) is 67.9 Å². The minimum Gasteiger partial charge on any atom is -0.304 e. The zero-order chi connectivity index (χ0) is 25.1. The average molecular weight is 479 g/mol. The van der Waals surface area contributed by atoms with Crippen LogP contribution in [-0.4, -0.2) is 63.0 Å². The summed E-state index contributed by atoms with van der Waals surface area (Å²) in [6.07, 6.45) is 5.57. The number of hydrogen-bond donors (Lipinski definition) is 0. The Morgan fingerprint density at radius 3 is 2.22 bits per heavy atom. The SMILES string of the molecule is CN1CCN(Cc2ccc(-c3cncc(-c4cc(C(C)(C)C)nc(-c5ccccn5)n4)c3)cc2)CC1. The summed E-state index contributed by atoms with van der Waals surface area (Å²) in [5.74, 6) is 0.636. The van der Waals surface area contributed by atoms with Crippen LogP contribution in [0.15, 0.2) is 73.2 Å². The predicted octanol–water partition coefficient (Wildman–Crippen LogP) is 5.31. The molecule has 0 atom stereocenters. The van der Waals surface area contributed by atoms with Crippen molar-refractivity contribution < 1.29 is 0 Å². The Balaban J connectivity index is 1.43. The van der Waals surface area contributed by atoms with Gasteiger partial charge in [0.15, 0.2) is 5.82 Å². The van der Waals surface area contributed by atoms with E-state index >= 15 is 0 Å². The lowest BCUT2D eigenvalue weighted by Gasteiger charge is -2.32. The molecule has 1 aliphatic heterocycles. The maximum Gasteiger partial charge on any atom is 0.178 e. The van der Waals surface area contributed by atoms with E-state index < -0.39 is 0 Å². The Morgan fingerprint density at radius 2 is 1.53 bits per heavy atom. The zero-order valence-electron chi connectivity index (χ0n) is 21.6. The lowest BCUT2D eigenvalue weighted by atomic mass is 9.91. The van der Waals surface area contributed by atoms with E-state index in [0.717, 1.165) is 66.5 Å². The lowest BCUT2D eigenvalue weighted by molar-refractivity contribution is 0.148. The van der Waals surface area contributed by atoms with Crippen molar-refractivity contribution in [2.24, 2.45) is 0 Å². The van der Waals surface area contributed by atoms with Crippen LogP contribution in [0.25, 0.3) is 33.9 Å². The molecule has 1 fully saturated rings. The van der Waals surface area contributed by atoms with Crippen LogP contribution >= 0.6 is 0 Å². The Morgan fingerprint density at radius 1 is 0.778 bits per heavy atom. The molecule has 1 saturated heterocycles. The second-order valence-corrected chi connectivity index (χ2v) is 10.7. The van der Waals surface area contributed by atoms with Crippen LogP contribution in [-0.2, 0) is 12.0 Å². The second kappa shape index (κ2) is 10.2. The van der Waals surface area contributed by atoms with Crippen molar-refractivity contribution in [3.05, 3.63) is 84.4 Å². The quantitative estimate of drug-likeness (QED) is 0.387. The summed E-state index contributed by atoms with van der Waals surface area (Å²) in [4.78, 5) is 23.7. The first-order chi connectivity index (χ1) is 17.3. The van der Waals surface area contributed by atoms with E-state index in [0.29, 0.717) is 5.82 Å². The molecule has 0 amide bonds. The van der Waals surface area contributed by atoms with Gasteiger partial charge in [0.05, 0.1) is 11.4 Å². The Labute approximate surface area is 214 Å². The molecule has 5 rings (SSSR count). The molecule has 36 heavy (non-hydrogen) atoms. The Hall–Kier alpha value is -3.48. The molecule has 6 heteroatoms. The van der Waals surface area contributed by atoms with Gasteiger partial charge in [-0.25, -0.2) is 9.97 Å². The van der Waals surface area contributed by atoms with Gasteiger partial charge in [0.2, 0.25) is 0 Å². The summed E-state index contributed by atoms with van der Waals surface area (Å²) in [5, 5.41) is 0. The summed E-state index contributed by atoms with van der Waals surface area (Å²) in [6.45, 7) is 12.0. The number of hydrogen-bond acceptors (Lipinski definition) is 6. The molecule has 0 radical (unpaired) electrons. The van der Waals surface area contributed by atoms with Crippen LogP contribution in [0.5, 0.6) is 0 Å². The molecule has 4 heterocycles. The third kappa shape index (κ3) is 5.66. The van der Waals surface area contributed by atoms with E-state index in [9.17, 15) is 0 Å². The molecule has 4 aromatic rings. The van der Waals surface area contributed by atoms with E-state index in [1.54, 1.807) is 6.20 Å². The molecular formula is C30H34N6. The van der Waals surface area contributed by atoms with Crippen LogP contribution in [0.1, 0.15) is 32.0 Å². The van der Waals surface area contributed by atoms with Gasteiger partial charge in [-0.2, -0.15) is 0 Å². The van der Waals surface area contributed by atoms with Crippen molar-refractivity contribution in [1.82, 2.24) is 29.7 Å². The highest BCUT2D eigenvalue weighted by Crippen LogP contribution is 2.30. The lowest BCUT2D eigenvalue weighted by Crippen LogP contribution is -2.43. The maximum absolute atomic E-state index is 4.88. The first-order valence-electron chi connectivity index (χ1n) is 12.6. The van der Waals surface area contributed by atoms with Crippen LogP contribution < -0.4 is 0 Å². The average Bonchev–Trinajstić information content (AvgIpc) is 2.90. The number of nitrogens with zero attached hydrogens (tertiary/aromatic N) is 6. The molecule has 0 aliphatic carbocycles. The Bertz CT molecular complexity index is 1300. The highest BCUT2D eigenvalue weighted by Gasteiger charge is 2.20. The summed E-state index contributed by atoms with van der Waals surface area (Å²) >= 11 is 0. The monoisotopic (exact) mass is 478 g/mol. The fraction of sp³-hybridized carbons (Fsp3) is 0.333. The number of aromatic nitrogens is 4. The van der Waals surface area contributed by atoms with Gasteiger partial charge in [-0.15, -0.1) is 0 Å². The minimum atomic E-state index is -0.119. The zero-order valence-corrected chi connectivity index (χ0v) is 21.6. The normalized spacial score (nSPS) is 15.2. The molecule has 0 saturated carbocycles. The molecule has 3 aromatic heterocycles. The summed E-state index contributed by atoms with van der Waals surface area (Å²) in [5.41, 5.74) is 7.03. The number of piperazine rings is 1. The van der Waals surface area contributed by atoms with Crippen LogP contribution in [0.2, 0.25) is 0 Å². The van der Waals surface area contributed by atoms with Crippen LogP contribution in [0.4, 0.5) is 0 Å². The van der Waals surface area contributed by atoms with Gasteiger partial charge in [-0.1, -0.05) is 51.1 Å². The number of benzene rings is 1. The van der Waals surface area contributed by atoms with Gasteiger partial charge in [0.1, 0.15) is 5.69 Å². The van der Waals surface area contributed by atoms with Crippen molar-refractivity contribution in [3.8, 4) is 33.9 Å². The second-order valence-electron chi connectivity index (χ2n) is 10.7. The van der Waals surface area contributed by atoms with Crippen molar-refractivity contribution in [2.75, 3.05) is 33.2 Å². The van der Waals surface area contributed by atoms with Crippen LogP contribution in [0.3, 0.4) is 0 Å². The summed E-state index contributed by atoms with van der Waals surface area (Å²) in [7, 11) is 2.19. The van der Waals surface area contributed by atoms with Crippen molar-refractivity contribution in [1.29, 1.82) is 0 Å². The maximum atomic E-state index is 4.88. The molecule has 1 aromatic carbocycles. The fourth-order valence-electron chi connectivity index (χ4n) is 4.39. The van der Waals surface area contributed by atoms with E-state index in [4.69, 9.17) is 9.97 Å². The van der Waals surface area contributed by atoms with Gasteiger partial charge >= 0.3 is 0 Å². The van der Waals surface area contributed by atoms with Gasteiger partial charge in [-0.05, 0) is 42.4 Å². The number of rotatable bonds is 5. The fourth-order valence-corrected chi connectivity index (χ4v) is 4.39. The first-order valence-corrected chi connectivity index (χ1v) is 12.6. The largest absolute Gasteiger partial charge is 0.304 e. The molecular weight excluding hydrogens is 444 g/mol. The molecule has 0 bridgehead atoms. The van der Waals surface area contributed by atoms with Crippen molar-refractivity contribution in [2.45, 2.75) is 32.7 Å². The number of likely N-dealkylation sites (N-methyl/N-ethyl adjacent to an activating group) is 1. The van der Waals surface area contributed by atoms with Crippen molar-refractivity contribution >= 4 is 0 Å². The molecule has 0 spiro atoms. The highest BCUT2D eigenvalue weighted by atomic mass is 15.2. The Kier molecular flexibility index (Phi) is 6.90. The van der Waals surface area contributed by atoms with E-state index in [1.165, 1.54) is 5.56 Å². The first kappa shape index (κ1) is 24.2. The smallest absolute Gasteiger partial charge is 0.178 e. The third-order valence-corrected chi connectivity index (χ3v) is 6.71. The topological polar surface area (TPSA) is 58.0 Å².